The lowest BCUT2D eigenvalue weighted by Crippen LogP contribution is -2.07. The Balaban J connectivity index is 3.31. The number of ether oxygens (including phenoxy) is 1. The molecule has 0 amide bonds. The van der Waals surface area contributed by atoms with Gasteiger partial charge in [0, 0.05) is 10.0 Å². The van der Waals surface area contributed by atoms with Crippen molar-refractivity contribution in [1.29, 1.82) is 0 Å². The minimum absolute atomic E-state index is 0.0284. The Morgan fingerprint density at radius 3 is 2.29 bits per heavy atom. The Bertz CT molecular complexity index is 435. The van der Waals surface area contributed by atoms with Crippen molar-refractivity contribution < 1.29 is 27.1 Å². The van der Waals surface area contributed by atoms with Gasteiger partial charge in [0.25, 0.3) is 6.43 Å². The number of hydrogen-bond acceptors (Lipinski definition) is 2. The highest BCUT2D eigenvalue weighted by molar-refractivity contribution is 9.10. The Labute approximate surface area is 103 Å². The molecule has 17 heavy (non-hydrogen) atoms. The third kappa shape index (κ3) is 3.42. The van der Waals surface area contributed by atoms with Crippen molar-refractivity contribution in [3.05, 3.63) is 27.7 Å². The number of carbonyl (C=O) groups excluding carboxylic acids is 1. The van der Waals surface area contributed by atoms with Crippen molar-refractivity contribution in [2.24, 2.45) is 0 Å². The largest absolute Gasteiger partial charge is 0.434 e. The van der Waals surface area contributed by atoms with E-state index in [1.54, 1.807) is 0 Å². The molecule has 7 heteroatoms. The highest BCUT2D eigenvalue weighted by Gasteiger charge is 2.20. The number of Topliss-reactive ketones (excluding diaryl/α,β-unsaturated/α-hetero) is 1. The van der Waals surface area contributed by atoms with Gasteiger partial charge in [-0.25, -0.2) is 8.78 Å². The molecule has 0 heterocycles. The average molecular weight is 315 g/mol. The lowest BCUT2D eigenvalue weighted by molar-refractivity contribution is -0.0503. The minimum Gasteiger partial charge on any atom is -0.434 e. The van der Waals surface area contributed by atoms with Crippen molar-refractivity contribution in [2.45, 2.75) is 20.0 Å². The zero-order chi connectivity index (χ0) is 13.2. The summed E-state index contributed by atoms with van der Waals surface area (Å²) in [6.07, 6.45) is -2.86. The number of alkyl halides is 4. The second-order valence-electron chi connectivity index (χ2n) is 3.11. The number of hydrogen-bond donors (Lipinski definition) is 0. The molecule has 0 aliphatic rings. The molecule has 0 aliphatic carbocycles. The molecular formula is C10H7BrF4O2. The van der Waals surface area contributed by atoms with Crippen LogP contribution in [0.25, 0.3) is 0 Å². The van der Waals surface area contributed by atoms with Gasteiger partial charge in [0.15, 0.2) is 5.78 Å². The molecule has 0 radical (unpaired) electrons. The van der Waals surface area contributed by atoms with Gasteiger partial charge in [-0.3, -0.25) is 4.79 Å². The second-order valence-corrected chi connectivity index (χ2v) is 3.96. The normalized spacial score (nSPS) is 11.1. The Morgan fingerprint density at radius 2 is 1.88 bits per heavy atom. The van der Waals surface area contributed by atoms with Crippen LogP contribution in [0.1, 0.15) is 29.3 Å². The van der Waals surface area contributed by atoms with Crippen LogP contribution in [0.4, 0.5) is 17.6 Å². The van der Waals surface area contributed by atoms with E-state index >= 15 is 0 Å². The number of carbonyl (C=O) groups is 1. The van der Waals surface area contributed by atoms with Gasteiger partial charge in [0.2, 0.25) is 0 Å². The summed E-state index contributed by atoms with van der Waals surface area (Å²) >= 11 is 2.84. The predicted molar refractivity (Wildman–Crippen MR) is 55.7 cm³/mol. The van der Waals surface area contributed by atoms with Crippen LogP contribution < -0.4 is 4.74 Å². The molecule has 0 saturated heterocycles. The summed E-state index contributed by atoms with van der Waals surface area (Å²) in [5, 5.41) is 0. The van der Waals surface area contributed by atoms with Crippen LogP contribution >= 0.6 is 15.9 Å². The van der Waals surface area contributed by atoms with Crippen molar-refractivity contribution >= 4 is 21.7 Å². The van der Waals surface area contributed by atoms with Gasteiger partial charge < -0.3 is 4.74 Å². The lowest BCUT2D eigenvalue weighted by Gasteiger charge is -2.12. The van der Waals surface area contributed by atoms with E-state index in [2.05, 4.69) is 20.7 Å². The number of halogens is 5. The monoisotopic (exact) mass is 314 g/mol. The molecule has 0 unspecified atom stereocenters. The molecule has 1 aromatic rings. The molecule has 0 atom stereocenters. The first-order chi connectivity index (χ1) is 7.82. The van der Waals surface area contributed by atoms with E-state index < -0.39 is 30.1 Å². The summed E-state index contributed by atoms with van der Waals surface area (Å²) in [5.74, 6) is -1.10. The Morgan fingerprint density at radius 1 is 1.29 bits per heavy atom. The van der Waals surface area contributed by atoms with Crippen LogP contribution in [0.5, 0.6) is 5.75 Å². The third-order valence-electron chi connectivity index (χ3n) is 1.93. The average Bonchev–Trinajstić information content (AvgIpc) is 2.18. The maximum absolute atomic E-state index is 12.5. The topological polar surface area (TPSA) is 26.3 Å². The first kappa shape index (κ1) is 14.0. The van der Waals surface area contributed by atoms with Crippen LogP contribution in [0.3, 0.4) is 0 Å². The fraction of sp³-hybridized carbons (Fsp3) is 0.300. The Kier molecular flexibility index (Phi) is 4.50. The number of ketones is 1. The van der Waals surface area contributed by atoms with Gasteiger partial charge in [-0.1, -0.05) is 15.9 Å². The summed E-state index contributed by atoms with van der Waals surface area (Å²) in [6.45, 7) is -2.05. The van der Waals surface area contributed by atoms with E-state index in [0.29, 0.717) is 0 Å². The quantitative estimate of drug-likeness (QED) is 0.615. The molecular weight excluding hydrogens is 308 g/mol. The van der Waals surface area contributed by atoms with E-state index in [4.69, 9.17) is 0 Å². The van der Waals surface area contributed by atoms with Crippen molar-refractivity contribution in [3.8, 4) is 5.75 Å². The van der Waals surface area contributed by atoms with Gasteiger partial charge in [-0.2, -0.15) is 8.78 Å². The molecule has 0 spiro atoms. The molecule has 94 valence electrons. The van der Waals surface area contributed by atoms with E-state index in [-0.39, 0.29) is 10.0 Å². The van der Waals surface area contributed by atoms with Crippen molar-refractivity contribution in [2.75, 3.05) is 0 Å². The number of rotatable bonds is 4. The predicted octanol–water partition coefficient (Wildman–Crippen LogP) is 4.19. The smallest absolute Gasteiger partial charge is 0.387 e. The molecule has 0 aromatic heterocycles. The van der Waals surface area contributed by atoms with Gasteiger partial charge in [-0.05, 0) is 19.1 Å². The van der Waals surface area contributed by atoms with E-state index in [0.717, 1.165) is 19.1 Å². The molecule has 1 aromatic carbocycles. The molecule has 1 rings (SSSR count). The molecule has 0 bridgehead atoms. The molecule has 0 N–H and O–H groups in total. The zero-order valence-corrected chi connectivity index (χ0v) is 10.1. The highest BCUT2D eigenvalue weighted by atomic mass is 79.9. The zero-order valence-electron chi connectivity index (χ0n) is 8.52. The molecule has 2 nitrogen and oxygen atoms in total. The van der Waals surface area contributed by atoms with Gasteiger partial charge in [-0.15, -0.1) is 0 Å². The van der Waals surface area contributed by atoms with Crippen LogP contribution in [-0.2, 0) is 0 Å². The first-order valence-corrected chi connectivity index (χ1v) is 5.19. The van der Waals surface area contributed by atoms with Crippen LogP contribution in [0.2, 0.25) is 0 Å². The van der Waals surface area contributed by atoms with Gasteiger partial charge in [0.05, 0.1) is 5.56 Å². The highest BCUT2D eigenvalue weighted by Crippen LogP contribution is 2.34. The van der Waals surface area contributed by atoms with E-state index in [1.807, 2.05) is 0 Å². The minimum atomic E-state index is -3.18. The SMILES string of the molecule is CC(=O)c1cc(Br)c(C(F)F)cc1OC(F)F. The maximum Gasteiger partial charge on any atom is 0.387 e. The molecule has 0 saturated carbocycles. The van der Waals surface area contributed by atoms with Gasteiger partial charge in [0.1, 0.15) is 5.75 Å². The number of benzene rings is 1. The van der Waals surface area contributed by atoms with Crippen LogP contribution in [0.15, 0.2) is 16.6 Å². The summed E-state index contributed by atoms with van der Waals surface area (Å²) in [7, 11) is 0. The fourth-order valence-corrected chi connectivity index (χ4v) is 1.72. The Hall–Kier alpha value is -1.11. The van der Waals surface area contributed by atoms with Crippen molar-refractivity contribution in [1.82, 2.24) is 0 Å². The standard InChI is InChI=1S/C10H7BrF4O2/c1-4(16)5-2-7(11)6(9(12)13)3-8(5)17-10(14)15/h2-3,9-10H,1H3. The first-order valence-electron chi connectivity index (χ1n) is 4.40. The fourth-order valence-electron chi connectivity index (χ4n) is 1.20. The van der Waals surface area contributed by atoms with Crippen LogP contribution in [-0.4, -0.2) is 12.4 Å². The molecule has 0 aliphatic heterocycles. The summed E-state index contributed by atoms with van der Waals surface area (Å²) in [5.41, 5.74) is -0.688. The lowest BCUT2D eigenvalue weighted by atomic mass is 10.1. The van der Waals surface area contributed by atoms with Crippen LogP contribution in [0, 0.1) is 0 Å². The van der Waals surface area contributed by atoms with Crippen molar-refractivity contribution in [3.63, 3.8) is 0 Å². The van der Waals surface area contributed by atoms with Gasteiger partial charge >= 0.3 is 6.61 Å². The van der Waals surface area contributed by atoms with E-state index in [9.17, 15) is 22.4 Å². The van der Waals surface area contributed by atoms with E-state index in [1.165, 1.54) is 0 Å². The summed E-state index contributed by atoms with van der Waals surface area (Å²) in [6, 6.07) is 1.78. The summed E-state index contributed by atoms with van der Waals surface area (Å²) < 4.78 is 53.2. The maximum atomic E-state index is 12.5. The summed E-state index contributed by atoms with van der Waals surface area (Å²) in [4.78, 5) is 11.1. The third-order valence-corrected chi connectivity index (χ3v) is 2.62. The molecule has 0 fully saturated rings. The second kappa shape index (κ2) is 5.48.